The van der Waals surface area contributed by atoms with E-state index in [1.807, 2.05) is 30.3 Å². The van der Waals surface area contributed by atoms with E-state index in [9.17, 15) is 19.5 Å². The van der Waals surface area contributed by atoms with Crippen LogP contribution in [-0.2, 0) is 4.79 Å². The van der Waals surface area contributed by atoms with E-state index in [1.165, 1.54) is 30.3 Å². The number of carbonyl (C=O) groups excluding carboxylic acids is 2. The molecule has 2 N–H and O–H groups in total. The first-order chi connectivity index (χ1) is 12.5. The van der Waals surface area contributed by atoms with Gasteiger partial charge in [0.2, 0.25) is 0 Å². The average Bonchev–Trinajstić information content (AvgIpc) is 3.13. The van der Waals surface area contributed by atoms with Crippen molar-refractivity contribution in [2.24, 2.45) is 5.92 Å². The number of pyridine rings is 1. The Morgan fingerprint density at radius 3 is 2.42 bits per heavy atom. The quantitative estimate of drug-likeness (QED) is 0.865. The number of benzene rings is 1. The van der Waals surface area contributed by atoms with Gasteiger partial charge in [0.1, 0.15) is 5.69 Å². The summed E-state index contributed by atoms with van der Waals surface area (Å²) >= 11 is 0. The minimum Gasteiger partial charge on any atom is -0.481 e. The van der Waals surface area contributed by atoms with Gasteiger partial charge in [-0.15, -0.1) is 0 Å². The number of rotatable bonds is 4. The zero-order valence-corrected chi connectivity index (χ0v) is 14.3. The Kier molecular flexibility index (Phi) is 4.97. The van der Waals surface area contributed by atoms with Gasteiger partial charge < -0.3 is 15.3 Å². The molecule has 26 heavy (non-hydrogen) atoms. The van der Waals surface area contributed by atoms with Gasteiger partial charge in [-0.3, -0.25) is 19.4 Å². The second-order valence-corrected chi connectivity index (χ2v) is 6.18. The van der Waals surface area contributed by atoms with Crippen LogP contribution in [0.4, 0.5) is 0 Å². The van der Waals surface area contributed by atoms with Crippen molar-refractivity contribution in [2.75, 3.05) is 20.1 Å². The lowest BCUT2D eigenvalue weighted by molar-refractivity contribution is -0.141. The summed E-state index contributed by atoms with van der Waals surface area (Å²) in [5.41, 5.74) is 1.45. The van der Waals surface area contributed by atoms with E-state index in [4.69, 9.17) is 0 Å². The molecule has 0 aliphatic carbocycles. The summed E-state index contributed by atoms with van der Waals surface area (Å²) in [7, 11) is 1.50. The van der Waals surface area contributed by atoms with Gasteiger partial charge in [0.05, 0.1) is 11.5 Å². The minimum atomic E-state index is -0.915. The molecule has 1 aromatic carbocycles. The van der Waals surface area contributed by atoms with Gasteiger partial charge in [-0.05, 0) is 17.7 Å². The Labute approximate surface area is 150 Å². The number of hydrogen-bond acceptors (Lipinski definition) is 4. The molecule has 7 nitrogen and oxygen atoms in total. The highest BCUT2D eigenvalue weighted by molar-refractivity contribution is 5.96. The molecular weight excluding hydrogens is 334 g/mol. The van der Waals surface area contributed by atoms with Gasteiger partial charge in [0.15, 0.2) is 0 Å². The minimum absolute atomic E-state index is 0.144. The van der Waals surface area contributed by atoms with Crippen LogP contribution in [-0.4, -0.2) is 52.9 Å². The van der Waals surface area contributed by atoms with Gasteiger partial charge in [-0.2, -0.15) is 0 Å². The maximum atomic E-state index is 12.7. The largest absolute Gasteiger partial charge is 0.481 e. The van der Waals surface area contributed by atoms with Gasteiger partial charge >= 0.3 is 5.97 Å². The fourth-order valence-corrected chi connectivity index (χ4v) is 3.22. The Bertz CT molecular complexity index is 820. The van der Waals surface area contributed by atoms with Crippen molar-refractivity contribution in [3.63, 3.8) is 0 Å². The molecule has 0 unspecified atom stereocenters. The number of nitrogens with zero attached hydrogens (tertiary/aromatic N) is 2. The second-order valence-electron chi connectivity index (χ2n) is 6.18. The molecule has 1 aliphatic rings. The maximum Gasteiger partial charge on any atom is 0.308 e. The summed E-state index contributed by atoms with van der Waals surface area (Å²) in [4.78, 5) is 41.4. The molecule has 0 radical (unpaired) electrons. The number of aliphatic carboxylic acids is 1. The molecule has 1 saturated heterocycles. The third-order valence-corrected chi connectivity index (χ3v) is 4.62. The molecule has 2 aromatic rings. The van der Waals surface area contributed by atoms with E-state index in [-0.39, 0.29) is 30.0 Å². The first-order valence-corrected chi connectivity index (χ1v) is 8.26. The lowest BCUT2D eigenvalue weighted by Crippen LogP contribution is -2.30. The summed E-state index contributed by atoms with van der Waals surface area (Å²) in [5, 5.41) is 12.0. The van der Waals surface area contributed by atoms with Crippen molar-refractivity contribution in [1.29, 1.82) is 0 Å². The number of likely N-dealkylation sites (tertiary alicyclic amines) is 1. The highest BCUT2D eigenvalue weighted by Gasteiger charge is 2.40. The van der Waals surface area contributed by atoms with Crippen molar-refractivity contribution >= 4 is 17.8 Å². The molecule has 3 rings (SSSR count). The van der Waals surface area contributed by atoms with Gasteiger partial charge in [0, 0.05) is 32.3 Å². The maximum absolute atomic E-state index is 12.7. The molecule has 2 heterocycles. The zero-order chi connectivity index (χ0) is 18.7. The summed E-state index contributed by atoms with van der Waals surface area (Å²) in [5.74, 6) is -2.44. The van der Waals surface area contributed by atoms with Gasteiger partial charge in [-0.1, -0.05) is 30.3 Å². The average molecular weight is 353 g/mol. The van der Waals surface area contributed by atoms with Crippen LogP contribution in [0.3, 0.4) is 0 Å². The standard InChI is InChI=1S/C19H19N3O4/c1-20-17(23)16-8-7-13(9-21-16)18(24)22-10-14(15(11-22)19(25)26)12-5-3-2-4-6-12/h2-9,14-15H,10-11H2,1H3,(H,20,23)(H,25,26)/t14-,15-/m0/s1. The highest BCUT2D eigenvalue weighted by Crippen LogP contribution is 2.33. The van der Waals surface area contributed by atoms with E-state index in [2.05, 4.69) is 10.3 Å². The normalized spacial score (nSPS) is 19.2. The van der Waals surface area contributed by atoms with E-state index in [1.54, 1.807) is 0 Å². The summed E-state index contributed by atoms with van der Waals surface area (Å²) < 4.78 is 0. The number of carboxylic acid groups (broad SMARTS) is 1. The smallest absolute Gasteiger partial charge is 0.308 e. The first kappa shape index (κ1) is 17.6. The molecule has 134 valence electrons. The van der Waals surface area contributed by atoms with Crippen LogP contribution in [0.25, 0.3) is 0 Å². The second kappa shape index (κ2) is 7.35. The Morgan fingerprint density at radius 1 is 1.12 bits per heavy atom. The highest BCUT2D eigenvalue weighted by atomic mass is 16.4. The van der Waals surface area contributed by atoms with Crippen molar-refractivity contribution < 1.29 is 19.5 Å². The van der Waals surface area contributed by atoms with Gasteiger partial charge in [0.25, 0.3) is 11.8 Å². The lowest BCUT2D eigenvalue weighted by Gasteiger charge is -2.16. The lowest BCUT2D eigenvalue weighted by atomic mass is 9.89. The number of nitrogens with one attached hydrogen (secondary N) is 1. The van der Waals surface area contributed by atoms with E-state index in [0.717, 1.165) is 5.56 Å². The van der Waals surface area contributed by atoms with E-state index < -0.39 is 11.9 Å². The number of hydrogen-bond donors (Lipinski definition) is 2. The van der Waals surface area contributed by atoms with Crippen molar-refractivity contribution in [3.8, 4) is 0 Å². The van der Waals surface area contributed by atoms with Crippen LogP contribution < -0.4 is 5.32 Å². The topological polar surface area (TPSA) is 99.6 Å². The summed E-state index contributed by atoms with van der Waals surface area (Å²) in [6.45, 7) is 0.474. The number of aromatic nitrogens is 1. The van der Waals surface area contributed by atoms with E-state index >= 15 is 0 Å². The molecule has 0 bridgehead atoms. The predicted molar refractivity (Wildman–Crippen MR) is 93.8 cm³/mol. The van der Waals surface area contributed by atoms with Crippen LogP contribution in [0.2, 0.25) is 0 Å². The van der Waals surface area contributed by atoms with Crippen molar-refractivity contribution in [1.82, 2.24) is 15.2 Å². The Balaban J connectivity index is 1.80. The van der Waals surface area contributed by atoms with Crippen LogP contribution in [0, 0.1) is 5.92 Å². The van der Waals surface area contributed by atoms with Crippen LogP contribution in [0.1, 0.15) is 32.3 Å². The van der Waals surface area contributed by atoms with Crippen molar-refractivity contribution in [2.45, 2.75) is 5.92 Å². The van der Waals surface area contributed by atoms with Crippen LogP contribution >= 0.6 is 0 Å². The van der Waals surface area contributed by atoms with Gasteiger partial charge in [-0.25, -0.2) is 0 Å². The van der Waals surface area contributed by atoms with Crippen LogP contribution in [0.15, 0.2) is 48.7 Å². The number of carboxylic acids is 1. The fraction of sp³-hybridized carbons (Fsp3) is 0.263. The molecule has 7 heteroatoms. The molecule has 1 aromatic heterocycles. The van der Waals surface area contributed by atoms with Crippen LogP contribution in [0.5, 0.6) is 0 Å². The first-order valence-electron chi connectivity index (χ1n) is 8.26. The number of amides is 2. The molecule has 1 fully saturated rings. The molecule has 1 aliphatic heterocycles. The molecule has 2 atom stereocenters. The summed E-state index contributed by atoms with van der Waals surface area (Å²) in [6, 6.07) is 12.4. The number of carbonyl (C=O) groups is 3. The molecule has 0 saturated carbocycles. The third-order valence-electron chi connectivity index (χ3n) is 4.62. The zero-order valence-electron chi connectivity index (χ0n) is 14.3. The molecule has 0 spiro atoms. The monoisotopic (exact) mass is 353 g/mol. The van der Waals surface area contributed by atoms with E-state index in [0.29, 0.717) is 12.1 Å². The molecule has 2 amide bonds. The predicted octanol–water partition coefficient (Wildman–Crippen LogP) is 1.38. The Morgan fingerprint density at radius 2 is 1.85 bits per heavy atom. The fourth-order valence-electron chi connectivity index (χ4n) is 3.22. The third kappa shape index (κ3) is 3.42. The molecular formula is C19H19N3O4. The Hall–Kier alpha value is -3.22. The SMILES string of the molecule is CNC(=O)c1ccc(C(=O)N2C[C@H](C(=O)O)[C@H](c3ccccc3)C2)cn1. The van der Waals surface area contributed by atoms with Crippen molar-refractivity contribution in [3.05, 3.63) is 65.5 Å². The summed E-state index contributed by atoms with van der Waals surface area (Å²) in [6.07, 6.45) is 1.35.